The zero-order chi connectivity index (χ0) is 21.8. The Kier molecular flexibility index (Phi) is 6.79. The first-order valence-electron chi connectivity index (χ1n) is 9.69. The van der Waals surface area contributed by atoms with Crippen molar-refractivity contribution in [3.63, 3.8) is 0 Å². The molecule has 3 aromatic rings. The smallest absolute Gasteiger partial charge is 0.277 e. The summed E-state index contributed by atoms with van der Waals surface area (Å²) in [6.45, 7) is 6.33. The maximum absolute atomic E-state index is 12.4. The van der Waals surface area contributed by atoms with Gasteiger partial charge in [-0.2, -0.15) is 5.10 Å². The third-order valence-electron chi connectivity index (χ3n) is 4.47. The highest BCUT2D eigenvalue weighted by molar-refractivity contribution is 6.33. The van der Waals surface area contributed by atoms with Crippen molar-refractivity contribution in [3.05, 3.63) is 46.9 Å². The fourth-order valence-electron chi connectivity index (χ4n) is 3.17. The molecule has 0 fully saturated rings. The number of hydrogen-bond acceptors (Lipinski definition) is 6. The van der Waals surface area contributed by atoms with E-state index in [2.05, 4.69) is 29.4 Å². The van der Waals surface area contributed by atoms with Gasteiger partial charge in [0, 0.05) is 30.4 Å². The summed E-state index contributed by atoms with van der Waals surface area (Å²) in [5, 5.41) is 11.2. The molecule has 3 rings (SSSR count). The molecule has 0 unspecified atom stereocenters. The van der Waals surface area contributed by atoms with Crippen molar-refractivity contribution in [2.24, 2.45) is 18.7 Å². The number of carbonyl (C=O) groups excluding carboxylic acids is 1. The van der Waals surface area contributed by atoms with E-state index < -0.39 is 0 Å². The van der Waals surface area contributed by atoms with E-state index in [9.17, 15) is 4.79 Å². The molecule has 0 saturated heterocycles. The van der Waals surface area contributed by atoms with Crippen LogP contribution in [0, 0.1) is 12.8 Å². The lowest BCUT2D eigenvalue weighted by Crippen LogP contribution is -2.29. The Balaban J connectivity index is 1.88. The highest BCUT2D eigenvalue weighted by Crippen LogP contribution is 2.36. The number of hydrogen-bond donors (Lipinski definition) is 2. The van der Waals surface area contributed by atoms with Crippen LogP contribution in [-0.4, -0.2) is 33.5 Å². The zero-order valence-corrected chi connectivity index (χ0v) is 18.2. The van der Waals surface area contributed by atoms with E-state index in [1.54, 1.807) is 49.1 Å². The molecular formula is C21H26ClN5O3. The van der Waals surface area contributed by atoms with Crippen molar-refractivity contribution < 1.29 is 14.1 Å². The van der Waals surface area contributed by atoms with E-state index in [0.717, 1.165) is 6.42 Å². The topological polar surface area (TPSA) is 108 Å². The number of benzene rings is 1. The second kappa shape index (κ2) is 9.32. The summed E-state index contributed by atoms with van der Waals surface area (Å²) < 4.78 is 12.6. The number of nitrogens with two attached hydrogens (primary N) is 1. The SMILES string of the molecule is Cc1cc(C(=O)Nc2ccc(OC[C@@H](N)CC(C)C)c(-c3c(Cl)cnn3C)c2)no1. The number of anilines is 1. The van der Waals surface area contributed by atoms with Crippen molar-refractivity contribution >= 4 is 23.2 Å². The average molecular weight is 432 g/mol. The van der Waals surface area contributed by atoms with Crippen LogP contribution in [0.2, 0.25) is 5.02 Å². The molecule has 0 aliphatic heterocycles. The fraction of sp³-hybridized carbons (Fsp3) is 0.381. The lowest BCUT2D eigenvalue weighted by Gasteiger charge is -2.18. The second-order valence-corrected chi connectivity index (χ2v) is 8.06. The number of aromatic nitrogens is 3. The average Bonchev–Trinajstić information content (AvgIpc) is 3.25. The summed E-state index contributed by atoms with van der Waals surface area (Å²) in [6, 6.07) is 6.81. The van der Waals surface area contributed by atoms with Crippen LogP contribution < -0.4 is 15.8 Å². The van der Waals surface area contributed by atoms with Crippen LogP contribution >= 0.6 is 11.6 Å². The zero-order valence-electron chi connectivity index (χ0n) is 17.5. The minimum atomic E-state index is -0.374. The Bertz CT molecular complexity index is 1010. The summed E-state index contributed by atoms with van der Waals surface area (Å²) in [7, 11) is 1.79. The molecule has 2 heterocycles. The first-order valence-corrected chi connectivity index (χ1v) is 10.1. The molecule has 1 atom stereocenters. The molecule has 160 valence electrons. The van der Waals surface area contributed by atoms with Gasteiger partial charge in [-0.25, -0.2) is 0 Å². The molecule has 1 aromatic carbocycles. The maximum atomic E-state index is 12.4. The molecule has 9 heteroatoms. The van der Waals surface area contributed by atoms with Crippen LogP contribution in [0.15, 0.2) is 35.0 Å². The normalized spacial score (nSPS) is 12.2. The van der Waals surface area contributed by atoms with Crippen molar-refractivity contribution in [1.29, 1.82) is 0 Å². The number of rotatable bonds is 8. The Hall–Kier alpha value is -2.84. The number of aryl methyl sites for hydroxylation is 2. The highest BCUT2D eigenvalue weighted by Gasteiger charge is 2.18. The van der Waals surface area contributed by atoms with Crippen LogP contribution in [-0.2, 0) is 7.05 Å². The summed E-state index contributed by atoms with van der Waals surface area (Å²) >= 11 is 6.37. The quantitative estimate of drug-likeness (QED) is 0.557. The van der Waals surface area contributed by atoms with Gasteiger partial charge in [0.1, 0.15) is 18.1 Å². The van der Waals surface area contributed by atoms with E-state index >= 15 is 0 Å². The van der Waals surface area contributed by atoms with Crippen LogP contribution in [0.3, 0.4) is 0 Å². The number of halogens is 1. The number of carbonyl (C=O) groups is 1. The van der Waals surface area contributed by atoms with Gasteiger partial charge in [0.05, 0.1) is 16.9 Å². The predicted molar refractivity (Wildman–Crippen MR) is 116 cm³/mol. The largest absolute Gasteiger partial charge is 0.491 e. The first kappa shape index (κ1) is 21.9. The molecule has 30 heavy (non-hydrogen) atoms. The Morgan fingerprint density at radius 3 is 2.73 bits per heavy atom. The molecule has 0 bridgehead atoms. The van der Waals surface area contributed by atoms with Gasteiger partial charge in [-0.05, 0) is 37.5 Å². The molecule has 3 N–H and O–H groups in total. The monoisotopic (exact) mass is 431 g/mol. The van der Waals surface area contributed by atoms with Gasteiger partial charge < -0.3 is 20.3 Å². The minimum absolute atomic E-state index is 0.0883. The highest BCUT2D eigenvalue weighted by atomic mass is 35.5. The van der Waals surface area contributed by atoms with E-state index in [1.165, 1.54) is 0 Å². The van der Waals surface area contributed by atoms with Gasteiger partial charge in [0.25, 0.3) is 5.91 Å². The van der Waals surface area contributed by atoms with Crippen LogP contribution in [0.4, 0.5) is 5.69 Å². The minimum Gasteiger partial charge on any atom is -0.491 e. The number of ether oxygens (including phenoxy) is 1. The molecule has 0 spiro atoms. The molecule has 0 aliphatic carbocycles. The molecule has 1 amide bonds. The predicted octanol–water partition coefficient (Wildman–Crippen LogP) is 4.04. The molecule has 0 radical (unpaired) electrons. The summed E-state index contributed by atoms with van der Waals surface area (Å²) in [4.78, 5) is 12.4. The number of nitrogens with one attached hydrogen (secondary N) is 1. The molecule has 0 saturated carbocycles. The molecule has 8 nitrogen and oxygen atoms in total. The van der Waals surface area contributed by atoms with Crippen molar-refractivity contribution in [1.82, 2.24) is 14.9 Å². The Morgan fingerprint density at radius 1 is 1.37 bits per heavy atom. The van der Waals surface area contributed by atoms with E-state index in [-0.39, 0.29) is 17.6 Å². The van der Waals surface area contributed by atoms with E-state index in [0.29, 0.717) is 46.0 Å². The summed E-state index contributed by atoms with van der Waals surface area (Å²) in [5.74, 6) is 1.27. The third kappa shape index (κ3) is 5.20. The van der Waals surface area contributed by atoms with Gasteiger partial charge in [-0.1, -0.05) is 30.6 Å². The van der Waals surface area contributed by atoms with Gasteiger partial charge in [0.2, 0.25) is 0 Å². The summed E-state index contributed by atoms with van der Waals surface area (Å²) in [5.41, 5.74) is 8.31. The van der Waals surface area contributed by atoms with Crippen LogP contribution in [0.5, 0.6) is 5.75 Å². The van der Waals surface area contributed by atoms with Crippen LogP contribution in [0.1, 0.15) is 36.5 Å². The maximum Gasteiger partial charge on any atom is 0.277 e. The Labute approximate surface area is 180 Å². The lowest BCUT2D eigenvalue weighted by atomic mass is 10.1. The van der Waals surface area contributed by atoms with Crippen molar-refractivity contribution in [2.75, 3.05) is 11.9 Å². The fourth-order valence-corrected chi connectivity index (χ4v) is 3.44. The Morgan fingerprint density at radius 2 is 2.13 bits per heavy atom. The molecule has 2 aromatic heterocycles. The second-order valence-electron chi connectivity index (χ2n) is 7.65. The van der Waals surface area contributed by atoms with Crippen molar-refractivity contribution in [3.8, 4) is 17.0 Å². The number of amides is 1. The van der Waals surface area contributed by atoms with Crippen LogP contribution in [0.25, 0.3) is 11.3 Å². The van der Waals surface area contributed by atoms with E-state index in [1.807, 2.05) is 0 Å². The van der Waals surface area contributed by atoms with Crippen molar-refractivity contribution in [2.45, 2.75) is 33.2 Å². The van der Waals surface area contributed by atoms with Gasteiger partial charge in [0.15, 0.2) is 5.69 Å². The van der Waals surface area contributed by atoms with Gasteiger partial charge >= 0.3 is 0 Å². The van der Waals surface area contributed by atoms with E-state index in [4.69, 9.17) is 26.6 Å². The summed E-state index contributed by atoms with van der Waals surface area (Å²) in [6.07, 6.45) is 2.42. The number of nitrogens with zero attached hydrogens (tertiary/aromatic N) is 3. The standard InChI is InChI=1S/C21H26ClN5O3/c1-12(2)7-14(23)11-29-19-6-5-15(25-21(28)18-8-13(3)30-26-18)9-16(19)20-17(22)10-24-27(20)4/h5-6,8-10,12,14H,7,11,23H2,1-4H3,(H,25,28)/t14-/m0/s1. The molecular weight excluding hydrogens is 406 g/mol. The third-order valence-corrected chi connectivity index (χ3v) is 4.75. The van der Waals surface area contributed by atoms with Gasteiger partial charge in [-0.15, -0.1) is 0 Å². The first-order chi connectivity index (χ1) is 14.2. The molecule has 0 aliphatic rings. The lowest BCUT2D eigenvalue weighted by molar-refractivity contribution is 0.101. The van der Waals surface area contributed by atoms with Gasteiger partial charge in [-0.3, -0.25) is 9.48 Å².